The van der Waals surface area contributed by atoms with E-state index in [-0.39, 0.29) is 27.2 Å². The molecule has 1 heterocycles. The highest BCUT2D eigenvalue weighted by atomic mass is 35.5. The van der Waals surface area contributed by atoms with Crippen molar-refractivity contribution in [2.75, 3.05) is 24.4 Å². The van der Waals surface area contributed by atoms with Crippen LogP contribution in [0.15, 0.2) is 63.3 Å². The Morgan fingerprint density at radius 3 is 2.60 bits per heavy atom. The first-order valence-electron chi connectivity index (χ1n) is 8.61. The van der Waals surface area contributed by atoms with E-state index in [1.165, 1.54) is 19.2 Å². The molecule has 0 radical (unpaired) electrons. The van der Waals surface area contributed by atoms with Gasteiger partial charge in [0.15, 0.2) is 0 Å². The molecule has 2 aromatic carbocycles. The number of nitrogens with one attached hydrogen (secondary N) is 1. The summed E-state index contributed by atoms with van der Waals surface area (Å²) in [7, 11) is -2.43. The standard InChI is InChI=1S/C19H19ClN4O4S2/c1-28-15-9-8-12(20)10-14(15)22-16(25)11-24-18(21)17(19(23-24)29-2)30(26,27)13-6-4-3-5-7-13/h3-10H,11,21H2,1-2H3,(H,22,25). The third-order valence-corrected chi connectivity index (χ3v) is 7.03. The molecule has 0 unspecified atom stereocenters. The molecule has 3 rings (SSSR count). The molecule has 158 valence electrons. The summed E-state index contributed by atoms with van der Waals surface area (Å²) in [5.74, 6) is -0.157. The Hall–Kier alpha value is -2.69. The number of carbonyl (C=O) groups excluding carboxylic acids is 1. The van der Waals surface area contributed by atoms with E-state index in [1.54, 1.807) is 42.7 Å². The number of aromatic nitrogens is 2. The van der Waals surface area contributed by atoms with Crippen LogP contribution in [0.3, 0.4) is 0 Å². The molecule has 0 saturated carbocycles. The molecular formula is C19H19ClN4O4S2. The number of nitrogens with zero attached hydrogens (tertiary/aromatic N) is 2. The third-order valence-electron chi connectivity index (χ3n) is 4.16. The molecule has 0 fully saturated rings. The summed E-state index contributed by atoms with van der Waals surface area (Å²) in [4.78, 5) is 12.5. The molecule has 0 saturated heterocycles. The lowest BCUT2D eigenvalue weighted by atomic mass is 10.3. The molecule has 8 nitrogen and oxygen atoms in total. The van der Waals surface area contributed by atoms with Crippen molar-refractivity contribution in [3.63, 3.8) is 0 Å². The van der Waals surface area contributed by atoms with Gasteiger partial charge < -0.3 is 15.8 Å². The fraction of sp³-hybridized carbons (Fsp3) is 0.158. The third kappa shape index (κ3) is 4.40. The number of nitrogens with two attached hydrogens (primary N) is 1. The molecule has 11 heteroatoms. The Morgan fingerprint density at radius 1 is 1.27 bits per heavy atom. The summed E-state index contributed by atoms with van der Waals surface area (Å²) in [5.41, 5.74) is 6.48. The normalized spacial score (nSPS) is 11.3. The highest BCUT2D eigenvalue weighted by Crippen LogP contribution is 2.34. The van der Waals surface area contributed by atoms with Gasteiger partial charge in [0, 0.05) is 5.02 Å². The number of halogens is 1. The van der Waals surface area contributed by atoms with Crippen LogP contribution in [0, 0.1) is 0 Å². The van der Waals surface area contributed by atoms with Gasteiger partial charge >= 0.3 is 0 Å². The summed E-state index contributed by atoms with van der Waals surface area (Å²) >= 11 is 7.11. The minimum absolute atomic E-state index is 0.0969. The van der Waals surface area contributed by atoms with Crippen LogP contribution in [0.4, 0.5) is 11.5 Å². The van der Waals surface area contributed by atoms with Crippen molar-refractivity contribution >= 4 is 50.6 Å². The van der Waals surface area contributed by atoms with Crippen LogP contribution in [-0.2, 0) is 21.2 Å². The first kappa shape index (κ1) is 22.0. The van der Waals surface area contributed by atoms with Crippen molar-refractivity contribution < 1.29 is 17.9 Å². The SMILES string of the molecule is COc1ccc(Cl)cc1NC(=O)Cn1nc(SC)c(S(=O)(=O)c2ccccc2)c1N. The van der Waals surface area contributed by atoms with Gasteiger partial charge in [-0.25, -0.2) is 13.1 Å². The van der Waals surface area contributed by atoms with E-state index >= 15 is 0 Å². The molecule has 3 N–H and O–H groups in total. The van der Waals surface area contributed by atoms with Crippen LogP contribution in [0.5, 0.6) is 5.75 Å². The Balaban J connectivity index is 1.92. The Bertz CT molecular complexity index is 1180. The average Bonchev–Trinajstić information content (AvgIpc) is 3.04. The number of carbonyl (C=O) groups is 1. The maximum atomic E-state index is 13.1. The minimum atomic E-state index is -3.90. The fourth-order valence-electron chi connectivity index (χ4n) is 2.76. The van der Waals surface area contributed by atoms with Crippen LogP contribution in [0.25, 0.3) is 0 Å². The molecule has 30 heavy (non-hydrogen) atoms. The highest BCUT2D eigenvalue weighted by Gasteiger charge is 2.29. The second-order valence-corrected chi connectivity index (χ2v) is 9.21. The largest absolute Gasteiger partial charge is 0.495 e. The molecule has 0 bridgehead atoms. The van der Waals surface area contributed by atoms with Crippen molar-refractivity contribution in [1.82, 2.24) is 9.78 Å². The molecule has 1 amide bonds. The predicted octanol–water partition coefficient (Wildman–Crippen LogP) is 3.32. The van der Waals surface area contributed by atoms with Crippen LogP contribution in [0.2, 0.25) is 5.02 Å². The van der Waals surface area contributed by atoms with Gasteiger partial charge in [0.1, 0.15) is 28.0 Å². The fourth-order valence-corrected chi connectivity index (χ4v) is 5.39. The lowest BCUT2D eigenvalue weighted by molar-refractivity contribution is -0.116. The number of amides is 1. The van der Waals surface area contributed by atoms with Gasteiger partial charge in [0.05, 0.1) is 17.7 Å². The maximum absolute atomic E-state index is 13.1. The van der Waals surface area contributed by atoms with Crippen molar-refractivity contribution in [1.29, 1.82) is 0 Å². The first-order valence-corrected chi connectivity index (χ1v) is 11.7. The number of hydrogen-bond acceptors (Lipinski definition) is 7. The molecule has 1 aromatic heterocycles. The minimum Gasteiger partial charge on any atom is -0.495 e. The Labute approximate surface area is 183 Å². The lowest BCUT2D eigenvalue weighted by Gasteiger charge is -2.11. The van der Waals surface area contributed by atoms with Gasteiger partial charge in [-0.1, -0.05) is 29.8 Å². The molecule has 0 aliphatic heterocycles. The van der Waals surface area contributed by atoms with E-state index < -0.39 is 15.7 Å². The molecule has 0 aliphatic carbocycles. The Morgan fingerprint density at radius 2 is 1.97 bits per heavy atom. The number of hydrogen-bond donors (Lipinski definition) is 2. The number of rotatable bonds is 7. The number of thioether (sulfide) groups is 1. The predicted molar refractivity (Wildman–Crippen MR) is 117 cm³/mol. The monoisotopic (exact) mass is 466 g/mol. The lowest BCUT2D eigenvalue weighted by Crippen LogP contribution is -2.21. The zero-order valence-electron chi connectivity index (χ0n) is 16.1. The van der Waals surface area contributed by atoms with Crippen molar-refractivity contribution in [3.05, 3.63) is 53.6 Å². The van der Waals surface area contributed by atoms with E-state index in [9.17, 15) is 13.2 Å². The van der Waals surface area contributed by atoms with Crippen LogP contribution < -0.4 is 15.8 Å². The van der Waals surface area contributed by atoms with Crippen molar-refractivity contribution in [2.24, 2.45) is 0 Å². The number of sulfone groups is 1. The number of ether oxygens (including phenoxy) is 1. The first-order chi connectivity index (χ1) is 14.3. The van der Waals surface area contributed by atoms with Crippen molar-refractivity contribution in [3.8, 4) is 5.75 Å². The quantitative estimate of drug-likeness (QED) is 0.513. The summed E-state index contributed by atoms with van der Waals surface area (Å²) in [5, 5.41) is 7.53. The summed E-state index contributed by atoms with van der Waals surface area (Å²) < 4.78 is 32.5. The van der Waals surface area contributed by atoms with Crippen molar-refractivity contribution in [2.45, 2.75) is 21.4 Å². The van der Waals surface area contributed by atoms with E-state index in [2.05, 4.69) is 10.4 Å². The molecule has 0 spiro atoms. The molecule has 0 aliphatic rings. The summed E-state index contributed by atoms with van der Waals surface area (Å²) in [6.07, 6.45) is 1.69. The Kier molecular flexibility index (Phi) is 6.59. The van der Waals surface area contributed by atoms with Gasteiger partial charge in [0.2, 0.25) is 15.7 Å². The van der Waals surface area contributed by atoms with Crippen LogP contribution >= 0.6 is 23.4 Å². The van der Waals surface area contributed by atoms with Gasteiger partial charge in [-0.05, 0) is 36.6 Å². The average molecular weight is 467 g/mol. The van der Waals surface area contributed by atoms with Gasteiger partial charge in [-0.3, -0.25) is 4.79 Å². The van der Waals surface area contributed by atoms with Gasteiger partial charge in [-0.15, -0.1) is 11.8 Å². The van der Waals surface area contributed by atoms with Gasteiger partial charge in [0.25, 0.3) is 0 Å². The van der Waals surface area contributed by atoms with E-state index in [4.69, 9.17) is 22.1 Å². The summed E-state index contributed by atoms with van der Waals surface area (Å²) in [6.45, 7) is -0.292. The molecular weight excluding hydrogens is 448 g/mol. The number of anilines is 2. The van der Waals surface area contributed by atoms with E-state index in [1.807, 2.05) is 0 Å². The maximum Gasteiger partial charge on any atom is 0.246 e. The number of methoxy groups -OCH3 is 1. The van der Waals surface area contributed by atoms with E-state index in [0.29, 0.717) is 16.5 Å². The zero-order chi connectivity index (χ0) is 21.9. The smallest absolute Gasteiger partial charge is 0.246 e. The van der Waals surface area contributed by atoms with E-state index in [0.717, 1.165) is 16.4 Å². The molecule has 0 atom stereocenters. The van der Waals surface area contributed by atoms with Gasteiger partial charge in [-0.2, -0.15) is 5.10 Å². The highest BCUT2D eigenvalue weighted by molar-refractivity contribution is 7.99. The van der Waals surface area contributed by atoms with Crippen LogP contribution in [0.1, 0.15) is 0 Å². The second-order valence-electron chi connectivity index (χ2n) is 6.09. The number of benzene rings is 2. The second kappa shape index (κ2) is 8.99. The zero-order valence-corrected chi connectivity index (χ0v) is 18.5. The van der Waals surface area contributed by atoms with Crippen LogP contribution in [-0.4, -0.2) is 37.5 Å². The topological polar surface area (TPSA) is 116 Å². The summed E-state index contributed by atoms with van der Waals surface area (Å²) in [6, 6.07) is 12.7. The number of nitrogen functional groups attached to an aromatic ring is 1. The molecule has 3 aromatic rings.